The summed E-state index contributed by atoms with van der Waals surface area (Å²) in [6.07, 6.45) is 6.12. The normalized spacial score (nSPS) is 10.5. The van der Waals surface area contributed by atoms with Crippen molar-refractivity contribution in [2.75, 3.05) is 20.1 Å². The molecule has 2 amide bonds. The van der Waals surface area contributed by atoms with Crippen LogP contribution in [0.2, 0.25) is 0 Å². The second kappa shape index (κ2) is 8.17. The van der Waals surface area contributed by atoms with Crippen LogP contribution in [0.15, 0.2) is 41.6 Å². The fraction of sp³-hybridized carbons (Fsp3) is 0.438. The van der Waals surface area contributed by atoms with Gasteiger partial charge in [-0.3, -0.25) is 4.79 Å². The molecule has 2 aromatic heterocycles. The lowest BCUT2D eigenvalue weighted by molar-refractivity contribution is 0.206. The zero-order valence-electron chi connectivity index (χ0n) is 13.6. The summed E-state index contributed by atoms with van der Waals surface area (Å²) in [5, 5.41) is 2.86. The Labute approximate surface area is 135 Å². The van der Waals surface area contributed by atoms with Crippen molar-refractivity contribution >= 4 is 6.03 Å². The van der Waals surface area contributed by atoms with Crippen LogP contribution in [-0.4, -0.2) is 45.2 Å². The number of amides is 2. The Kier molecular flexibility index (Phi) is 5.96. The van der Waals surface area contributed by atoms with Gasteiger partial charge in [0.05, 0.1) is 0 Å². The number of nitrogens with zero attached hydrogens (tertiary/aromatic N) is 4. The highest BCUT2D eigenvalue weighted by molar-refractivity contribution is 5.73. The third-order valence-electron chi connectivity index (χ3n) is 3.70. The van der Waals surface area contributed by atoms with Crippen molar-refractivity contribution < 1.29 is 4.79 Å². The van der Waals surface area contributed by atoms with Crippen molar-refractivity contribution in [1.82, 2.24) is 24.3 Å². The number of likely N-dealkylation sites (N-methyl/N-ethyl adjacent to an activating group) is 1. The van der Waals surface area contributed by atoms with E-state index >= 15 is 0 Å². The van der Waals surface area contributed by atoms with E-state index in [0.717, 1.165) is 12.4 Å². The molecule has 0 saturated carbocycles. The van der Waals surface area contributed by atoms with Gasteiger partial charge in [-0.2, -0.15) is 0 Å². The van der Waals surface area contributed by atoms with Gasteiger partial charge in [0.25, 0.3) is 0 Å². The van der Waals surface area contributed by atoms with Crippen molar-refractivity contribution in [3.05, 3.63) is 53.0 Å². The van der Waals surface area contributed by atoms with Gasteiger partial charge in [0, 0.05) is 57.9 Å². The molecule has 0 aromatic carbocycles. The molecule has 0 atom stereocenters. The van der Waals surface area contributed by atoms with Crippen LogP contribution in [0.3, 0.4) is 0 Å². The molecular weight excluding hydrogens is 294 g/mol. The minimum atomic E-state index is -0.108. The van der Waals surface area contributed by atoms with Crippen molar-refractivity contribution in [2.45, 2.75) is 26.4 Å². The Balaban J connectivity index is 1.67. The van der Waals surface area contributed by atoms with E-state index in [0.29, 0.717) is 26.1 Å². The molecule has 23 heavy (non-hydrogen) atoms. The molecule has 0 saturated heterocycles. The van der Waals surface area contributed by atoms with Crippen molar-refractivity contribution in [3.63, 3.8) is 0 Å². The van der Waals surface area contributed by atoms with Crippen molar-refractivity contribution in [1.29, 1.82) is 0 Å². The Bertz CT molecular complexity index is 692. The third kappa shape index (κ3) is 4.98. The standard InChI is InChI=1S/C16H23N5O2/c1-14-17-8-11-20(14)13-12-19(2)16(23)18-7-5-10-21-9-4-3-6-15(21)22/h3-4,6,8-9,11H,5,7,10,12-13H2,1-2H3,(H,18,23). The highest BCUT2D eigenvalue weighted by Gasteiger charge is 2.08. The second-order valence-electron chi connectivity index (χ2n) is 5.41. The number of aromatic nitrogens is 3. The molecule has 0 bridgehead atoms. The highest BCUT2D eigenvalue weighted by atomic mass is 16.2. The fourth-order valence-electron chi connectivity index (χ4n) is 2.22. The number of carbonyl (C=O) groups excluding carboxylic acids is 1. The summed E-state index contributed by atoms with van der Waals surface area (Å²) < 4.78 is 3.64. The van der Waals surface area contributed by atoms with E-state index < -0.39 is 0 Å². The molecule has 2 heterocycles. The van der Waals surface area contributed by atoms with Crippen LogP contribution in [0.4, 0.5) is 4.79 Å². The molecule has 7 heteroatoms. The summed E-state index contributed by atoms with van der Waals surface area (Å²) in [7, 11) is 1.77. The maximum Gasteiger partial charge on any atom is 0.317 e. The average Bonchev–Trinajstić information content (AvgIpc) is 2.95. The molecule has 0 spiro atoms. The maximum absolute atomic E-state index is 12.0. The summed E-state index contributed by atoms with van der Waals surface area (Å²) in [5.41, 5.74) is -0.0216. The molecular formula is C16H23N5O2. The lowest BCUT2D eigenvalue weighted by Gasteiger charge is -2.18. The SMILES string of the molecule is Cc1nccn1CCN(C)C(=O)NCCCn1ccccc1=O. The van der Waals surface area contributed by atoms with Crippen LogP contribution in [0.5, 0.6) is 0 Å². The number of imidazole rings is 1. The molecule has 2 aromatic rings. The predicted molar refractivity (Wildman–Crippen MR) is 88.3 cm³/mol. The van der Waals surface area contributed by atoms with Crippen LogP contribution in [0, 0.1) is 6.92 Å². The van der Waals surface area contributed by atoms with Crippen LogP contribution in [0.1, 0.15) is 12.2 Å². The first-order valence-electron chi connectivity index (χ1n) is 7.70. The average molecular weight is 317 g/mol. The fourth-order valence-corrected chi connectivity index (χ4v) is 2.22. The molecule has 1 N–H and O–H groups in total. The summed E-state index contributed by atoms with van der Waals surface area (Å²) >= 11 is 0. The van der Waals surface area contributed by atoms with E-state index in [1.165, 1.54) is 6.07 Å². The molecule has 124 valence electrons. The Morgan fingerprint density at radius 2 is 2.09 bits per heavy atom. The van der Waals surface area contributed by atoms with E-state index in [-0.39, 0.29) is 11.6 Å². The number of nitrogens with one attached hydrogen (secondary N) is 1. The monoisotopic (exact) mass is 317 g/mol. The first-order valence-corrected chi connectivity index (χ1v) is 7.70. The summed E-state index contributed by atoms with van der Waals surface area (Å²) in [6.45, 7) is 4.40. The summed E-state index contributed by atoms with van der Waals surface area (Å²) in [6, 6.07) is 4.97. The van der Waals surface area contributed by atoms with E-state index in [1.807, 2.05) is 23.8 Å². The minimum absolute atomic E-state index is 0.0216. The van der Waals surface area contributed by atoms with Gasteiger partial charge in [-0.1, -0.05) is 6.07 Å². The molecule has 0 aliphatic carbocycles. The molecule has 0 aliphatic heterocycles. The van der Waals surface area contributed by atoms with Gasteiger partial charge in [-0.15, -0.1) is 0 Å². The van der Waals surface area contributed by atoms with E-state index in [1.54, 1.807) is 35.0 Å². The zero-order chi connectivity index (χ0) is 16.7. The van der Waals surface area contributed by atoms with Gasteiger partial charge < -0.3 is 19.4 Å². The van der Waals surface area contributed by atoms with Crippen LogP contribution < -0.4 is 10.9 Å². The Morgan fingerprint density at radius 1 is 1.26 bits per heavy atom. The Hall–Kier alpha value is -2.57. The van der Waals surface area contributed by atoms with Gasteiger partial charge in [0.1, 0.15) is 5.82 Å². The van der Waals surface area contributed by atoms with Crippen molar-refractivity contribution in [2.24, 2.45) is 0 Å². The van der Waals surface area contributed by atoms with E-state index in [4.69, 9.17) is 0 Å². The Morgan fingerprint density at radius 3 is 2.78 bits per heavy atom. The molecule has 2 rings (SSSR count). The van der Waals surface area contributed by atoms with Crippen LogP contribution in [0.25, 0.3) is 0 Å². The number of aryl methyl sites for hydroxylation is 2. The predicted octanol–water partition coefficient (Wildman–Crippen LogP) is 1.08. The van der Waals surface area contributed by atoms with Crippen LogP contribution in [-0.2, 0) is 13.1 Å². The first kappa shape index (κ1) is 16.8. The minimum Gasteiger partial charge on any atom is -0.338 e. The summed E-state index contributed by atoms with van der Waals surface area (Å²) in [5.74, 6) is 0.937. The van der Waals surface area contributed by atoms with Gasteiger partial charge >= 0.3 is 6.03 Å². The third-order valence-corrected chi connectivity index (χ3v) is 3.70. The van der Waals surface area contributed by atoms with Gasteiger partial charge in [0.15, 0.2) is 0 Å². The largest absolute Gasteiger partial charge is 0.338 e. The number of pyridine rings is 1. The van der Waals surface area contributed by atoms with E-state index in [2.05, 4.69) is 10.3 Å². The smallest absolute Gasteiger partial charge is 0.317 e. The number of carbonyl (C=O) groups is 1. The second-order valence-corrected chi connectivity index (χ2v) is 5.41. The first-order chi connectivity index (χ1) is 11.1. The number of hydrogen-bond acceptors (Lipinski definition) is 3. The number of rotatable bonds is 7. The van der Waals surface area contributed by atoms with Crippen LogP contribution >= 0.6 is 0 Å². The quantitative estimate of drug-likeness (QED) is 0.777. The molecule has 0 fully saturated rings. The number of hydrogen-bond donors (Lipinski definition) is 1. The molecule has 0 aliphatic rings. The van der Waals surface area contributed by atoms with Crippen molar-refractivity contribution in [3.8, 4) is 0 Å². The lowest BCUT2D eigenvalue weighted by Crippen LogP contribution is -2.39. The number of urea groups is 1. The molecule has 7 nitrogen and oxygen atoms in total. The molecule has 0 unspecified atom stereocenters. The highest BCUT2D eigenvalue weighted by Crippen LogP contribution is 1.96. The zero-order valence-corrected chi connectivity index (χ0v) is 13.6. The van der Waals surface area contributed by atoms with E-state index in [9.17, 15) is 9.59 Å². The lowest BCUT2D eigenvalue weighted by atomic mass is 10.4. The molecule has 0 radical (unpaired) electrons. The van der Waals surface area contributed by atoms with Gasteiger partial charge in [0.2, 0.25) is 5.56 Å². The van der Waals surface area contributed by atoms with Gasteiger partial charge in [-0.25, -0.2) is 9.78 Å². The summed E-state index contributed by atoms with van der Waals surface area (Å²) in [4.78, 5) is 29.3. The van der Waals surface area contributed by atoms with Gasteiger partial charge in [-0.05, 0) is 19.4 Å². The maximum atomic E-state index is 12.0. The topological polar surface area (TPSA) is 72.2 Å².